The van der Waals surface area contributed by atoms with Gasteiger partial charge in [0.05, 0.1) is 6.34 Å². The van der Waals surface area contributed by atoms with Crippen LogP contribution in [0, 0.1) is 22.2 Å². The van der Waals surface area contributed by atoms with Gasteiger partial charge >= 0.3 is 0 Å². The van der Waals surface area contributed by atoms with Crippen LogP contribution in [0.1, 0.15) is 45.2 Å². The van der Waals surface area contributed by atoms with Gasteiger partial charge in [0.1, 0.15) is 5.84 Å². The first-order valence-corrected chi connectivity index (χ1v) is 12.4. The van der Waals surface area contributed by atoms with E-state index in [9.17, 15) is 0 Å². The molecular formula is C33H37N3. The lowest BCUT2D eigenvalue weighted by molar-refractivity contribution is 0.507. The van der Waals surface area contributed by atoms with Gasteiger partial charge in [-0.2, -0.15) is 0 Å². The second kappa shape index (κ2) is 12.1. The third kappa shape index (κ3) is 7.02. The second-order valence-corrected chi connectivity index (χ2v) is 10.1. The molecule has 0 spiro atoms. The average Bonchev–Trinajstić information content (AvgIpc) is 2.90. The first-order valence-electron chi connectivity index (χ1n) is 12.4. The molecule has 4 rings (SSSR count). The van der Waals surface area contributed by atoms with Gasteiger partial charge in [-0.25, -0.2) is 0 Å². The van der Waals surface area contributed by atoms with E-state index in [1.165, 1.54) is 18.3 Å². The highest BCUT2D eigenvalue weighted by Crippen LogP contribution is 2.30. The van der Waals surface area contributed by atoms with Gasteiger partial charge in [-0.15, -0.1) is 0 Å². The van der Waals surface area contributed by atoms with Crippen LogP contribution in [-0.4, -0.2) is 12.2 Å². The number of amidine groups is 1. The van der Waals surface area contributed by atoms with Crippen LogP contribution >= 0.6 is 0 Å². The van der Waals surface area contributed by atoms with Gasteiger partial charge < -0.3 is 0 Å². The topological polar surface area (TPSA) is 50.9 Å². The van der Waals surface area contributed by atoms with E-state index in [4.69, 9.17) is 10.8 Å². The Hall–Kier alpha value is -3.98. The lowest BCUT2D eigenvalue weighted by Gasteiger charge is -2.23. The second-order valence-electron chi connectivity index (χ2n) is 10.1. The Labute approximate surface area is 216 Å². The molecule has 1 atom stereocenters. The summed E-state index contributed by atoms with van der Waals surface area (Å²) in [5, 5.41) is 16.1. The Bertz CT molecular complexity index is 1220. The predicted molar refractivity (Wildman–Crippen MR) is 157 cm³/mol. The highest BCUT2D eigenvalue weighted by Gasteiger charge is 2.16. The van der Waals surface area contributed by atoms with Crippen LogP contribution in [0.2, 0.25) is 0 Å². The highest BCUT2D eigenvalue weighted by molar-refractivity contribution is 6.17. The minimum atomic E-state index is 0.273. The van der Waals surface area contributed by atoms with Gasteiger partial charge in [-0.3, -0.25) is 15.7 Å². The maximum absolute atomic E-state index is 8.42. The SMILES string of the molecule is C=Cc1ccc(-c2ccc(C(=N)N(C=N)c3ccccc3)cc2)cc1.CC1C=CC(C(C)(C)C)=CC1. The molecule has 3 nitrogen and oxygen atoms in total. The van der Waals surface area contributed by atoms with Crippen molar-refractivity contribution in [1.82, 2.24) is 0 Å². The van der Waals surface area contributed by atoms with Crippen molar-refractivity contribution < 1.29 is 0 Å². The summed E-state index contributed by atoms with van der Waals surface area (Å²) >= 11 is 0. The molecule has 0 fully saturated rings. The standard InChI is InChI=1S/C22H19N3.C11H18/c1-2-17-8-10-18(11-9-17)19-12-14-20(15-13-19)22(24)25(16-23)21-6-4-3-5-7-21;1-9-5-7-10(8-6-9)11(2,3)4/h2-16,23-24H,1H2;5,7-9H,6H2,1-4H3. The first-order chi connectivity index (χ1) is 17.2. The molecule has 2 N–H and O–H groups in total. The fourth-order valence-corrected chi connectivity index (χ4v) is 3.91. The van der Waals surface area contributed by atoms with Crippen molar-refractivity contribution in [3.05, 3.63) is 120 Å². The van der Waals surface area contributed by atoms with Gasteiger partial charge in [-0.1, -0.05) is 125 Å². The zero-order valence-electron chi connectivity index (χ0n) is 21.8. The summed E-state index contributed by atoms with van der Waals surface area (Å²) in [6, 6.07) is 25.5. The summed E-state index contributed by atoms with van der Waals surface area (Å²) < 4.78 is 0. The third-order valence-corrected chi connectivity index (χ3v) is 6.22. The number of benzene rings is 3. The Morgan fingerprint density at radius 3 is 1.97 bits per heavy atom. The molecule has 3 heteroatoms. The summed E-state index contributed by atoms with van der Waals surface area (Å²) in [4.78, 5) is 1.55. The van der Waals surface area contributed by atoms with Crippen molar-refractivity contribution in [2.45, 2.75) is 34.1 Å². The van der Waals surface area contributed by atoms with Crippen molar-refractivity contribution >= 4 is 23.9 Å². The summed E-state index contributed by atoms with van der Waals surface area (Å²) in [5.74, 6) is 1.01. The molecule has 0 aromatic heterocycles. The van der Waals surface area contributed by atoms with E-state index in [2.05, 4.69) is 64.6 Å². The maximum Gasteiger partial charge on any atom is 0.137 e. The average molecular weight is 476 g/mol. The number of allylic oxidation sites excluding steroid dienone is 4. The van der Waals surface area contributed by atoms with Crippen LogP contribution < -0.4 is 4.90 Å². The molecule has 0 saturated heterocycles. The van der Waals surface area contributed by atoms with Gasteiger partial charge in [0.25, 0.3) is 0 Å². The largest absolute Gasteiger partial charge is 0.291 e. The predicted octanol–water partition coefficient (Wildman–Crippen LogP) is 8.99. The molecule has 0 radical (unpaired) electrons. The van der Waals surface area contributed by atoms with Crippen LogP contribution in [0.3, 0.4) is 0 Å². The number of hydrogen-bond donors (Lipinski definition) is 2. The van der Waals surface area contributed by atoms with Crippen LogP contribution in [0.4, 0.5) is 5.69 Å². The Morgan fingerprint density at radius 2 is 1.50 bits per heavy atom. The van der Waals surface area contributed by atoms with Crippen LogP contribution in [0.15, 0.2) is 109 Å². The summed E-state index contributed by atoms with van der Waals surface area (Å²) in [6.07, 6.45) is 11.1. The zero-order valence-corrected chi connectivity index (χ0v) is 21.8. The summed E-state index contributed by atoms with van der Waals surface area (Å²) in [7, 11) is 0. The minimum absolute atomic E-state index is 0.273. The summed E-state index contributed by atoms with van der Waals surface area (Å²) in [6.45, 7) is 12.8. The maximum atomic E-state index is 8.42. The van der Waals surface area contributed by atoms with Crippen molar-refractivity contribution in [2.24, 2.45) is 11.3 Å². The van der Waals surface area contributed by atoms with E-state index in [0.29, 0.717) is 5.41 Å². The quantitative estimate of drug-likeness (QED) is 0.281. The van der Waals surface area contributed by atoms with Gasteiger partial charge in [0.2, 0.25) is 0 Å². The van der Waals surface area contributed by atoms with Crippen molar-refractivity contribution in [1.29, 1.82) is 10.8 Å². The molecule has 1 aliphatic rings. The molecule has 0 saturated carbocycles. The van der Waals surface area contributed by atoms with Crippen LogP contribution in [0.5, 0.6) is 0 Å². The number of anilines is 1. The normalized spacial score (nSPS) is 14.7. The molecule has 36 heavy (non-hydrogen) atoms. The molecule has 184 valence electrons. The molecule has 1 unspecified atom stereocenters. The smallest absolute Gasteiger partial charge is 0.137 e. The zero-order chi connectivity index (χ0) is 26.1. The van der Waals surface area contributed by atoms with Crippen LogP contribution in [-0.2, 0) is 0 Å². The number of nitrogens with zero attached hydrogens (tertiary/aromatic N) is 1. The Kier molecular flexibility index (Phi) is 8.97. The van der Waals surface area contributed by atoms with Crippen molar-refractivity contribution in [2.75, 3.05) is 4.90 Å². The number of rotatable bonds is 5. The van der Waals surface area contributed by atoms with Gasteiger partial charge in [-0.05, 0) is 52.1 Å². The first kappa shape index (κ1) is 26.6. The molecule has 1 aliphatic carbocycles. The van der Waals surface area contributed by atoms with Gasteiger partial charge in [0.15, 0.2) is 0 Å². The van der Waals surface area contributed by atoms with Crippen LogP contribution in [0.25, 0.3) is 17.2 Å². The van der Waals surface area contributed by atoms with E-state index in [0.717, 1.165) is 33.9 Å². The molecule has 3 aromatic carbocycles. The monoisotopic (exact) mass is 475 g/mol. The molecule has 0 heterocycles. The van der Waals surface area contributed by atoms with Crippen molar-refractivity contribution in [3.8, 4) is 11.1 Å². The molecule has 0 aliphatic heterocycles. The number of nitrogens with one attached hydrogen (secondary N) is 2. The van der Waals surface area contributed by atoms with E-state index in [-0.39, 0.29) is 5.84 Å². The summed E-state index contributed by atoms with van der Waals surface area (Å²) in [5.41, 5.74) is 6.67. The highest BCUT2D eigenvalue weighted by atomic mass is 15.2. The number of hydrogen-bond acceptors (Lipinski definition) is 2. The molecule has 0 bridgehead atoms. The van der Waals surface area contributed by atoms with E-state index >= 15 is 0 Å². The van der Waals surface area contributed by atoms with E-state index < -0.39 is 0 Å². The Morgan fingerprint density at radius 1 is 0.917 bits per heavy atom. The fourth-order valence-electron chi connectivity index (χ4n) is 3.91. The molecule has 3 aromatic rings. The molecule has 0 amide bonds. The van der Waals surface area contributed by atoms with E-state index in [1.54, 1.807) is 4.90 Å². The Balaban J connectivity index is 0.000000275. The van der Waals surface area contributed by atoms with Crippen molar-refractivity contribution in [3.63, 3.8) is 0 Å². The lowest BCUT2D eigenvalue weighted by Crippen LogP contribution is -2.28. The number of para-hydroxylation sites is 1. The lowest BCUT2D eigenvalue weighted by atomic mass is 9.82. The van der Waals surface area contributed by atoms with Gasteiger partial charge in [0, 0.05) is 11.3 Å². The third-order valence-electron chi connectivity index (χ3n) is 6.22. The molecular weight excluding hydrogens is 438 g/mol. The minimum Gasteiger partial charge on any atom is -0.291 e. The fraction of sp³-hybridized carbons (Fsp3) is 0.212. The van der Waals surface area contributed by atoms with E-state index in [1.807, 2.05) is 72.8 Å².